The van der Waals surface area contributed by atoms with Crippen LogP contribution in [0.3, 0.4) is 0 Å². The average Bonchev–Trinajstić information content (AvgIpc) is 3.06. The SMILES string of the molecule is CN(C)c1nc(N)nc(/C(C#N)=C/[C@H]2C[C@@H]3C=C[C@H]2C3)n1. The molecular weight excluding hydrogens is 264 g/mol. The second-order valence-corrected chi connectivity index (χ2v) is 5.85. The fraction of sp³-hybridized carbons (Fsp3) is 0.467. The van der Waals surface area contributed by atoms with Gasteiger partial charge in [-0.05, 0) is 30.6 Å². The molecule has 0 amide bonds. The van der Waals surface area contributed by atoms with E-state index in [0.717, 1.165) is 6.42 Å². The van der Waals surface area contributed by atoms with Gasteiger partial charge >= 0.3 is 0 Å². The van der Waals surface area contributed by atoms with E-state index in [1.165, 1.54) is 6.42 Å². The van der Waals surface area contributed by atoms with Gasteiger partial charge in [0.15, 0.2) is 5.82 Å². The Bertz CT molecular complexity index is 655. The van der Waals surface area contributed by atoms with Crippen LogP contribution in [0, 0.1) is 29.1 Å². The molecule has 0 spiro atoms. The number of hydrogen-bond acceptors (Lipinski definition) is 6. The van der Waals surface area contributed by atoms with Crippen LogP contribution in [0.15, 0.2) is 18.2 Å². The number of nitrogen functional groups attached to an aromatic ring is 1. The van der Waals surface area contributed by atoms with E-state index in [-0.39, 0.29) is 5.95 Å². The Morgan fingerprint density at radius 2 is 2.14 bits per heavy atom. The molecule has 1 saturated carbocycles. The Hall–Kier alpha value is -2.42. The lowest BCUT2D eigenvalue weighted by Gasteiger charge is -2.15. The van der Waals surface area contributed by atoms with E-state index in [1.807, 2.05) is 20.2 Å². The second-order valence-electron chi connectivity index (χ2n) is 5.85. The van der Waals surface area contributed by atoms with Crippen LogP contribution in [-0.2, 0) is 0 Å². The third-order valence-corrected chi connectivity index (χ3v) is 4.11. The van der Waals surface area contributed by atoms with Crippen molar-refractivity contribution in [3.63, 3.8) is 0 Å². The van der Waals surface area contributed by atoms with Crippen LogP contribution >= 0.6 is 0 Å². The van der Waals surface area contributed by atoms with Gasteiger partial charge in [-0.15, -0.1) is 0 Å². The molecule has 21 heavy (non-hydrogen) atoms. The number of nitriles is 1. The van der Waals surface area contributed by atoms with Gasteiger partial charge in [0.05, 0.1) is 5.57 Å². The molecular formula is C15H18N6. The first-order chi connectivity index (χ1) is 10.1. The molecule has 0 saturated heterocycles. The van der Waals surface area contributed by atoms with Crippen LogP contribution < -0.4 is 10.6 Å². The summed E-state index contributed by atoms with van der Waals surface area (Å²) in [5, 5.41) is 9.44. The second kappa shape index (κ2) is 5.17. The van der Waals surface area contributed by atoms with Gasteiger partial charge < -0.3 is 10.6 Å². The highest BCUT2D eigenvalue weighted by Crippen LogP contribution is 2.44. The summed E-state index contributed by atoms with van der Waals surface area (Å²) in [7, 11) is 3.66. The number of fused-ring (bicyclic) bond motifs is 2. The first kappa shape index (κ1) is 13.6. The van der Waals surface area contributed by atoms with Crippen molar-refractivity contribution in [2.24, 2.45) is 17.8 Å². The molecule has 108 valence electrons. The van der Waals surface area contributed by atoms with Crippen LogP contribution in [0.5, 0.6) is 0 Å². The summed E-state index contributed by atoms with van der Waals surface area (Å²) in [6.07, 6.45) is 8.85. The Balaban J connectivity index is 1.93. The molecule has 0 aliphatic heterocycles. The molecule has 2 aliphatic rings. The predicted octanol–water partition coefficient (Wildman–Crippen LogP) is 1.64. The summed E-state index contributed by atoms with van der Waals surface area (Å²) < 4.78 is 0. The van der Waals surface area contributed by atoms with E-state index in [4.69, 9.17) is 5.73 Å². The molecule has 3 rings (SSSR count). The third-order valence-electron chi connectivity index (χ3n) is 4.11. The highest BCUT2D eigenvalue weighted by Gasteiger charge is 2.34. The van der Waals surface area contributed by atoms with Gasteiger partial charge in [0.2, 0.25) is 11.9 Å². The Labute approximate surface area is 124 Å². The molecule has 0 radical (unpaired) electrons. The molecule has 1 fully saturated rings. The summed E-state index contributed by atoms with van der Waals surface area (Å²) in [6.45, 7) is 0. The van der Waals surface area contributed by atoms with E-state index in [2.05, 4.69) is 33.2 Å². The molecule has 1 aromatic rings. The smallest absolute Gasteiger partial charge is 0.230 e. The molecule has 1 aromatic heterocycles. The largest absolute Gasteiger partial charge is 0.368 e. The molecule has 1 heterocycles. The Morgan fingerprint density at radius 3 is 2.71 bits per heavy atom. The highest BCUT2D eigenvalue weighted by molar-refractivity contribution is 5.73. The quantitative estimate of drug-likeness (QED) is 0.669. The molecule has 2 bridgehead atoms. The highest BCUT2D eigenvalue weighted by atomic mass is 15.3. The zero-order valence-corrected chi connectivity index (χ0v) is 12.2. The zero-order chi connectivity index (χ0) is 15.0. The minimum absolute atomic E-state index is 0.137. The minimum Gasteiger partial charge on any atom is -0.368 e. The maximum absolute atomic E-state index is 9.44. The third kappa shape index (κ3) is 2.59. The van der Waals surface area contributed by atoms with Crippen molar-refractivity contribution >= 4 is 17.5 Å². The van der Waals surface area contributed by atoms with Gasteiger partial charge in [-0.2, -0.15) is 20.2 Å². The fourth-order valence-corrected chi connectivity index (χ4v) is 3.09. The molecule has 2 aliphatic carbocycles. The number of aromatic nitrogens is 3. The van der Waals surface area contributed by atoms with Gasteiger partial charge in [-0.3, -0.25) is 0 Å². The number of nitrogens with two attached hydrogens (primary N) is 1. The van der Waals surface area contributed by atoms with Crippen LogP contribution in [-0.4, -0.2) is 29.0 Å². The summed E-state index contributed by atoms with van der Waals surface area (Å²) in [6, 6.07) is 2.21. The van der Waals surface area contributed by atoms with E-state index < -0.39 is 0 Å². The first-order valence-electron chi connectivity index (χ1n) is 7.06. The zero-order valence-electron chi connectivity index (χ0n) is 12.2. The Kier molecular flexibility index (Phi) is 3.34. The summed E-state index contributed by atoms with van der Waals surface area (Å²) in [5.41, 5.74) is 6.21. The van der Waals surface area contributed by atoms with Crippen molar-refractivity contribution in [2.75, 3.05) is 24.7 Å². The van der Waals surface area contributed by atoms with Crippen LogP contribution in [0.2, 0.25) is 0 Å². The number of rotatable bonds is 3. The first-order valence-corrected chi connectivity index (χ1v) is 7.06. The predicted molar refractivity (Wildman–Crippen MR) is 81.0 cm³/mol. The number of nitrogens with zero attached hydrogens (tertiary/aromatic N) is 5. The van der Waals surface area contributed by atoms with E-state index in [0.29, 0.717) is 35.1 Å². The van der Waals surface area contributed by atoms with Crippen LogP contribution in [0.4, 0.5) is 11.9 Å². The van der Waals surface area contributed by atoms with Crippen LogP contribution in [0.25, 0.3) is 5.57 Å². The molecule has 6 nitrogen and oxygen atoms in total. The maximum Gasteiger partial charge on any atom is 0.230 e. The van der Waals surface area contributed by atoms with E-state index in [9.17, 15) is 5.26 Å². The summed E-state index contributed by atoms with van der Waals surface area (Å²) in [4.78, 5) is 14.2. The Morgan fingerprint density at radius 1 is 1.33 bits per heavy atom. The maximum atomic E-state index is 9.44. The molecule has 0 unspecified atom stereocenters. The van der Waals surface area contributed by atoms with E-state index >= 15 is 0 Å². The molecule has 3 atom stereocenters. The van der Waals surface area contributed by atoms with Gasteiger partial charge in [-0.25, -0.2) is 0 Å². The summed E-state index contributed by atoms with van der Waals surface area (Å²) >= 11 is 0. The normalized spacial score (nSPS) is 26.9. The number of hydrogen-bond donors (Lipinski definition) is 1. The van der Waals surface area contributed by atoms with Crippen molar-refractivity contribution in [2.45, 2.75) is 12.8 Å². The van der Waals surface area contributed by atoms with Crippen molar-refractivity contribution in [3.8, 4) is 6.07 Å². The molecule has 2 N–H and O–H groups in total. The van der Waals surface area contributed by atoms with Gasteiger partial charge in [0, 0.05) is 14.1 Å². The van der Waals surface area contributed by atoms with Gasteiger partial charge in [0.1, 0.15) is 6.07 Å². The van der Waals surface area contributed by atoms with Crippen LogP contribution in [0.1, 0.15) is 18.7 Å². The fourth-order valence-electron chi connectivity index (χ4n) is 3.09. The lowest BCUT2D eigenvalue weighted by Crippen LogP contribution is -2.16. The summed E-state index contributed by atoms with van der Waals surface area (Å²) in [5.74, 6) is 2.57. The van der Waals surface area contributed by atoms with E-state index in [1.54, 1.807) is 4.90 Å². The molecule has 6 heteroatoms. The van der Waals surface area contributed by atoms with Gasteiger partial charge in [-0.1, -0.05) is 18.2 Å². The average molecular weight is 282 g/mol. The van der Waals surface area contributed by atoms with Crippen molar-refractivity contribution in [3.05, 3.63) is 24.1 Å². The number of anilines is 2. The lowest BCUT2D eigenvalue weighted by atomic mass is 9.91. The monoisotopic (exact) mass is 282 g/mol. The van der Waals surface area contributed by atoms with Crippen molar-refractivity contribution < 1.29 is 0 Å². The van der Waals surface area contributed by atoms with Crippen molar-refractivity contribution in [1.29, 1.82) is 5.26 Å². The number of allylic oxidation sites excluding steroid dienone is 4. The lowest BCUT2D eigenvalue weighted by molar-refractivity contribution is 0.551. The van der Waals surface area contributed by atoms with Crippen molar-refractivity contribution in [1.82, 2.24) is 15.0 Å². The standard InChI is InChI=1S/C15H18N6/c1-21(2)15-19-13(18-14(17)20-15)12(8-16)7-11-6-9-3-4-10(11)5-9/h3-4,7,9-11H,5-6H2,1-2H3,(H2,17,18,19,20)/b12-7+/t9-,10+,11-/m1/s1. The van der Waals surface area contributed by atoms with Gasteiger partial charge in [0.25, 0.3) is 0 Å². The topological polar surface area (TPSA) is 91.7 Å². The molecule has 0 aromatic carbocycles. The minimum atomic E-state index is 0.137.